The summed E-state index contributed by atoms with van der Waals surface area (Å²) in [5.41, 5.74) is 0. The summed E-state index contributed by atoms with van der Waals surface area (Å²) in [4.78, 5) is 1.02. The number of methoxy groups -OCH3 is 1. The number of thioether (sulfide) groups is 1. The Hall–Kier alpha value is -0.380. The molecule has 1 aromatic rings. The molecule has 0 heterocycles. The van der Waals surface area contributed by atoms with Crippen molar-refractivity contribution in [2.24, 2.45) is 0 Å². The van der Waals surface area contributed by atoms with E-state index in [0.29, 0.717) is 10.8 Å². The van der Waals surface area contributed by atoms with Crippen molar-refractivity contribution in [2.45, 2.75) is 4.90 Å². The van der Waals surface area contributed by atoms with Crippen LogP contribution in [-0.2, 0) is 4.74 Å². The third-order valence-corrected chi connectivity index (χ3v) is 2.53. The van der Waals surface area contributed by atoms with Crippen LogP contribution >= 0.6 is 23.4 Å². The molecule has 0 saturated heterocycles. The van der Waals surface area contributed by atoms with Gasteiger partial charge in [-0.3, -0.25) is 0 Å². The third kappa shape index (κ3) is 2.79. The number of hydrogen-bond donors (Lipinski definition) is 0. The monoisotopic (exact) mass is 218 g/mol. The van der Waals surface area contributed by atoms with Crippen molar-refractivity contribution >= 4 is 23.4 Å². The Bertz CT molecular complexity index is 278. The summed E-state index contributed by atoms with van der Waals surface area (Å²) < 4.78 is 10.1. The summed E-state index contributed by atoms with van der Waals surface area (Å²) in [6.07, 6.45) is 1.98. The highest BCUT2D eigenvalue weighted by molar-refractivity contribution is 7.98. The predicted molar refractivity (Wildman–Crippen MR) is 55.7 cm³/mol. The van der Waals surface area contributed by atoms with E-state index in [1.807, 2.05) is 18.4 Å². The Kier molecular flexibility index (Phi) is 4.42. The summed E-state index contributed by atoms with van der Waals surface area (Å²) in [5.74, 6) is 0.693. The highest BCUT2D eigenvalue weighted by Crippen LogP contribution is 2.34. The van der Waals surface area contributed by atoms with Gasteiger partial charge in [-0.15, -0.1) is 11.8 Å². The molecule has 0 spiro atoms. The van der Waals surface area contributed by atoms with E-state index in [1.165, 1.54) is 0 Å². The zero-order chi connectivity index (χ0) is 9.68. The number of ether oxygens (including phenoxy) is 2. The maximum absolute atomic E-state index is 5.95. The molecule has 0 aliphatic carbocycles. The van der Waals surface area contributed by atoms with Crippen LogP contribution in [0.2, 0.25) is 5.02 Å². The van der Waals surface area contributed by atoms with Crippen LogP contribution in [0.1, 0.15) is 0 Å². The van der Waals surface area contributed by atoms with Gasteiger partial charge in [-0.2, -0.15) is 0 Å². The van der Waals surface area contributed by atoms with E-state index in [0.717, 1.165) is 4.90 Å². The van der Waals surface area contributed by atoms with Gasteiger partial charge < -0.3 is 9.47 Å². The fourth-order valence-corrected chi connectivity index (χ4v) is 1.76. The lowest BCUT2D eigenvalue weighted by Gasteiger charge is -2.10. The second-order valence-electron chi connectivity index (χ2n) is 2.32. The lowest BCUT2D eigenvalue weighted by atomic mass is 10.3. The number of benzene rings is 1. The molecule has 0 aromatic heterocycles. The van der Waals surface area contributed by atoms with Crippen LogP contribution in [0.25, 0.3) is 0 Å². The van der Waals surface area contributed by atoms with Gasteiger partial charge in [-0.05, 0) is 18.4 Å². The fraction of sp³-hybridized carbons (Fsp3) is 0.333. The van der Waals surface area contributed by atoms with Crippen molar-refractivity contribution in [2.75, 3.05) is 20.2 Å². The molecule has 0 radical (unpaired) electrons. The van der Waals surface area contributed by atoms with Crippen LogP contribution in [0.3, 0.4) is 0 Å². The van der Waals surface area contributed by atoms with Crippen LogP contribution in [0.4, 0.5) is 0 Å². The Morgan fingerprint density at radius 3 is 2.85 bits per heavy atom. The van der Waals surface area contributed by atoms with Gasteiger partial charge in [0.05, 0.1) is 9.92 Å². The summed E-state index contributed by atoms with van der Waals surface area (Å²) in [6.45, 7) is 0.220. The summed E-state index contributed by atoms with van der Waals surface area (Å²) in [5, 5.41) is 0.615. The molecular formula is C9H11ClO2S. The topological polar surface area (TPSA) is 18.5 Å². The molecule has 0 aliphatic rings. The van der Waals surface area contributed by atoms with Crippen molar-refractivity contribution in [3.05, 3.63) is 23.2 Å². The number of halogens is 1. The predicted octanol–water partition coefficient (Wildman–Crippen LogP) is 3.04. The van der Waals surface area contributed by atoms with E-state index in [4.69, 9.17) is 21.1 Å². The molecule has 1 aromatic carbocycles. The number of para-hydroxylation sites is 1. The van der Waals surface area contributed by atoms with Crippen LogP contribution in [-0.4, -0.2) is 20.2 Å². The first-order chi connectivity index (χ1) is 6.29. The van der Waals surface area contributed by atoms with E-state index in [1.54, 1.807) is 24.9 Å². The summed E-state index contributed by atoms with van der Waals surface area (Å²) in [6, 6.07) is 5.65. The lowest BCUT2D eigenvalue weighted by Crippen LogP contribution is -2.00. The molecule has 72 valence electrons. The van der Waals surface area contributed by atoms with Crippen LogP contribution in [0.5, 0.6) is 5.75 Å². The SMILES string of the molecule is COCOc1c(Cl)cccc1SC. The van der Waals surface area contributed by atoms with Gasteiger partial charge in [0, 0.05) is 7.11 Å². The van der Waals surface area contributed by atoms with E-state index < -0.39 is 0 Å². The van der Waals surface area contributed by atoms with Gasteiger partial charge in [0.15, 0.2) is 12.5 Å². The van der Waals surface area contributed by atoms with Gasteiger partial charge in [-0.1, -0.05) is 17.7 Å². The molecule has 0 aliphatic heterocycles. The largest absolute Gasteiger partial charge is 0.465 e. The van der Waals surface area contributed by atoms with Gasteiger partial charge in [0.1, 0.15) is 0 Å². The standard InChI is InChI=1S/C9H11ClO2S/c1-11-6-12-9-7(10)4-3-5-8(9)13-2/h3-5H,6H2,1-2H3. The van der Waals surface area contributed by atoms with E-state index in [9.17, 15) is 0 Å². The first-order valence-electron chi connectivity index (χ1n) is 3.74. The Morgan fingerprint density at radius 2 is 2.23 bits per heavy atom. The smallest absolute Gasteiger partial charge is 0.188 e. The first-order valence-corrected chi connectivity index (χ1v) is 5.34. The molecule has 0 fully saturated rings. The van der Waals surface area contributed by atoms with E-state index in [-0.39, 0.29) is 6.79 Å². The maximum atomic E-state index is 5.95. The second kappa shape index (κ2) is 5.37. The Morgan fingerprint density at radius 1 is 1.46 bits per heavy atom. The van der Waals surface area contributed by atoms with Crippen LogP contribution in [0, 0.1) is 0 Å². The minimum Gasteiger partial charge on any atom is -0.465 e. The summed E-state index contributed by atoms with van der Waals surface area (Å²) in [7, 11) is 1.58. The summed E-state index contributed by atoms with van der Waals surface area (Å²) >= 11 is 7.55. The van der Waals surface area contributed by atoms with Crippen molar-refractivity contribution in [1.29, 1.82) is 0 Å². The van der Waals surface area contributed by atoms with Crippen LogP contribution < -0.4 is 4.74 Å². The highest BCUT2D eigenvalue weighted by atomic mass is 35.5. The Balaban J connectivity index is 2.87. The normalized spacial score (nSPS) is 10.1. The number of rotatable bonds is 4. The molecule has 0 unspecified atom stereocenters. The lowest BCUT2D eigenvalue weighted by molar-refractivity contribution is 0.0492. The second-order valence-corrected chi connectivity index (χ2v) is 3.58. The van der Waals surface area contributed by atoms with Gasteiger partial charge in [0.25, 0.3) is 0 Å². The van der Waals surface area contributed by atoms with Crippen molar-refractivity contribution in [3.63, 3.8) is 0 Å². The third-order valence-electron chi connectivity index (χ3n) is 1.47. The fourth-order valence-electron chi connectivity index (χ4n) is 0.908. The molecule has 0 bridgehead atoms. The van der Waals surface area contributed by atoms with Gasteiger partial charge in [-0.25, -0.2) is 0 Å². The minimum atomic E-state index is 0.220. The molecule has 2 nitrogen and oxygen atoms in total. The van der Waals surface area contributed by atoms with Crippen molar-refractivity contribution < 1.29 is 9.47 Å². The average molecular weight is 219 g/mol. The van der Waals surface area contributed by atoms with Crippen molar-refractivity contribution in [1.82, 2.24) is 0 Å². The quantitative estimate of drug-likeness (QED) is 0.572. The van der Waals surface area contributed by atoms with Crippen LogP contribution in [0.15, 0.2) is 23.1 Å². The van der Waals surface area contributed by atoms with Gasteiger partial charge in [0.2, 0.25) is 0 Å². The van der Waals surface area contributed by atoms with E-state index in [2.05, 4.69) is 0 Å². The molecule has 0 amide bonds. The van der Waals surface area contributed by atoms with Gasteiger partial charge >= 0.3 is 0 Å². The number of hydrogen-bond acceptors (Lipinski definition) is 3. The Labute approximate surface area is 87.2 Å². The molecule has 13 heavy (non-hydrogen) atoms. The minimum absolute atomic E-state index is 0.220. The van der Waals surface area contributed by atoms with Crippen molar-refractivity contribution in [3.8, 4) is 5.75 Å². The molecule has 1 rings (SSSR count). The molecule has 0 saturated carbocycles. The first kappa shape index (κ1) is 10.7. The molecule has 4 heteroatoms. The highest BCUT2D eigenvalue weighted by Gasteiger charge is 2.06. The molecule has 0 atom stereocenters. The zero-order valence-corrected chi connectivity index (χ0v) is 9.11. The van der Waals surface area contributed by atoms with E-state index >= 15 is 0 Å². The molecule has 0 N–H and O–H groups in total. The average Bonchev–Trinajstić information content (AvgIpc) is 2.15. The zero-order valence-electron chi connectivity index (χ0n) is 7.54. The maximum Gasteiger partial charge on any atom is 0.188 e. The molecular weight excluding hydrogens is 208 g/mol.